The van der Waals surface area contributed by atoms with E-state index in [1.54, 1.807) is 24.7 Å². The number of rotatable bonds is 4. The average molecular weight is 263 g/mol. The Bertz CT molecular complexity index is 619. The van der Waals surface area contributed by atoms with Crippen LogP contribution in [0.15, 0.2) is 6.33 Å². The molecule has 0 spiro atoms. The highest BCUT2D eigenvalue weighted by Crippen LogP contribution is 2.27. The van der Waals surface area contributed by atoms with Gasteiger partial charge in [-0.1, -0.05) is 0 Å². The third kappa shape index (κ3) is 2.25. The lowest BCUT2D eigenvalue weighted by Gasteiger charge is -2.10. The van der Waals surface area contributed by atoms with E-state index in [1.165, 1.54) is 0 Å². The lowest BCUT2D eigenvalue weighted by atomic mass is 10.1. The minimum atomic E-state index is -0.385. The molecular formula is C13H17N3O3. The molecule has 0 fully saturated rings. The number of hydrogen-bond acceptors (Lipinski definition) is 5. The van der Waals surface area contributed by atoms with Gasteiger partial charge in [-0.05, 0) is 20.8 Å². The van der Waals surface area contributed by atoms with Gasteiger partial charge in [0.2, 0.25) is 5.88 Å². The SMILES string of the molecule is CCOC(=O)c1c(C)nc(OCC)c2ncn(C)c12. The van der Waals surface area contributed by atoms with Crippen molar-refractivity contribution in [1.29, 1.82) is 0 Å². The summed E-state index contributed by atoms with van der Waals surface area (Å²) in [4.78, 5) is 20.6. The average Bonchev–Trinajstić information content (AvgIpc) is 2.73. The molecule has 6 heteroatoms. The van der Waals surface area contributed by atoms with Crippen LogP contribution in [-0.4, -0.2) is 33.7 Å². The Morgan fingerprint density at radius 3 is 2.74 bits per heavy atom. The summed E-state index contributed by atoms with van der Waals surface area (Å²) in [5.74, 6) is 0.0628. The van der Waals surface area contributed by atoms with Crippen molar-refractivity contribution in [3.8, 4) is 5.88 Å². The van der Waals surface area contributed by atoms with Crippen LogP contribution >= 0.6 is 0 Å². The van der Waals surface area contributed by atoms with Crippen LogP contribution < -0.4 is 4.74 Å². The molecule has 0 saturated heterocycles. The van der Waals surface area contributed by atoms with Crippen molar-refractivity contribution in [2.45, 2.75) is 20.8 Å². The van der Waals surface area contributed by atoms with Crippen LogP contribution in [0, 0.1) is 6.92 Å². The van der Waals surface area contributed by atoms with Crippen molar-refractivity contribution in [3.63, 3.8) is 0 Å². The summed E-state index contributed by atoms with van der Waals surface area (Å²) in [6.45, 7) is 6.24. The molecule has 19 heavy (non-hydrogen) atoms. The van der Waals surface area contributed by atoms with Gasteiger partial charge in [0, 0.05) is 7.05 Å². The first-order valence-electron chi connectivity index (χ1n) is 6.21. The molecule has 0 aliphatic carbocycles. The fourth-order valence-electron chi connectivity index (χ4n) is 2.00. The van der Waals surface area contributed by atoms with Gasteiger partial charge in [-0.2, -0.15) is 0 Å². The largest absolute Gasteiger partial charge is 0.476 e. The first-order chi connectivity index (χ1) is 9.10. The van der Waals surface area contributed by atoms with Gasteiger partial charge in [-0.25, -0.2) is 14.8 Å². The molecule has 0 aliphatic heterocycles. The summed E-state index contributed by atoms with van der Waals surface area (Å²) in [7, 11) is 1.83. The van der Waals surface area contributed by atoms with Gasteiger partial charge in [-0.15, -0.1) is 0 Å². The molecule has 2 heterocycles. The molecule has 0 N–H and O–H groups in total. The highest BCUT2D eigenvalue weighted by atomic mass is 16.5. The van der Waals surface area contributed by atoms with Crippen LogP contribution in [0.4, 0.5) is 0 Å². The highest BCUT2D eigenvalue weighted by Gasteiger charge is 2.22. The Morgan fingerprint density at radius 2 is 2.11 bits per heavy atom. The quantitative estimate of drug-likeness (QED) is 0.787. The number of carbonyl (C=O) groups is 1. The molecule has 0 radical (unpaired) electrons. The van der Waals surface area contributed by atoms with E-state index in [4.69, 9.17) is 9.47 Å². The maximum Gasteiger partial charge on any atom is 0.342 e. The van der Waals surface area contributed by atoms with E-state index in [0.29, 0.717) is 41.4 Å². The zero-order valence-electron chi connectivity index (χ0n) is 11.6. The zero-order chi connectivity index (χ0) is 14.0. The molecule has 0 atom stereocenters. The first-order valence-corrected chi connectivity index (χ1v) is 6.21. The van der Waals surface area contributed by atoms with E-state index in [2.05, 4.69) is 9.97 Å². The van der Waals surface area contributed by atoms with Crippen molar-refractivity contribution in [3.05, 3.63) is 17.6 Å². The predicted octanol–water partition coefficient (Wildman–Crippen LogP) is 1.85. The van der Waals surface area contributed by atoms with Gasteiger partial charge < -0.3 is 14.0 Å². The second-order valence-corrected chi connectivity index (χ2v) is 4.08. The van der Waals surface area contributed by atoms with E-state index in [0.717, 1.165) is 0 Å². The van der Waals surface area contributed by atoms with E-state index >= 15 is 0 Å². The third-order valence-corrected chi connectivity index (χ3v) is 2.77. The number of ether oxygens (including phenoxy) is 2. The van der Waals surface area contributed by atoms with Crippen molar-refractivity contribution < 1.29 is 14.3 Å². The van der Waals surface area contributed by atoms with Gasteiger partial charge in [0.15, 0.2) is 5.52 Å². The topological polar surface area (TPSA) is 66.2 Å². The highest BCUT2D eigenvalue weighted by molar-refractivity contribution is 6.04. The van der Waals surface area contributed by atoms with Crippen LogP contribution in [0.25, 0.3) is 11.0 Å². The molecule has 2 aromatic rings. The number of hydrogen-bond donors (Lipinski definition) is 0. The Labute approximate surface area is 111 Å². The summed E-state index contributed by atoms with van der Waals surface area (Å²) >= 11 is 0. The van der Waals surface area contributed by atoms with E-state index < -0.39 is 0 Å². The molecule has 2 rings (SSSR count). The van der Waals surface area contributed by atoms with Crippen molar-refractivity contribution >= 4 is 17.0 Å². The summed E-state index contributed by atoms with van der Waals surface area (Å²) in [5.41, 5.74) is 2.30. The molecule has 6 nitrogen and oxygen atoms in total. The number of nitrogens with zero attached hydrogens (tertiary/aromatic N) is 3. The number of imidazole rings is 1. The molecule has 0 bridgehead atoms. The predicted molar refractivity (Wildman–Crippen MR) is 70.4 cm³/mol. The summed E-state index contributed by atoms with van der Waals surface area (Å²) in [6.07, 6.45) is 1.64. The van der Waals surface area contributed by atoms with Gasteiger partial charge in [0.25, 0.3) is 0 Å². The smallest absolute Gasteiger partial charge is 0.342 e. The number of esters is 1. The maximum atomic E-state index is 12.1. The summed E-state index contributed by atoms with van der Waals surface area (Å²) < 4.78 is 12.3. The van der Waals surface area contributed by atoms with Gasteiger partial charge in [0.1, 0.15) is 5.56 Å². The maximum absolute atomic E-state index is 12.1. The number of aryl methyl sites for hydroxylation is 2. The minimum absolute atomic E-state index is 0.324. The number of aromatic nitrogens is 3. The Kier molecular flexibility index (Phi) is 3.69. The number of carbonyl (C=O) groups excluding carboxylic acids is 1. The monoisotopic (exact) mass is 263 g/mol. The molecule has 0 amide bonds. The first kappa shape index (κ1) is 13.3. The molecule has 0 saturated carbocycles. The van der Waals surface area contributed by atoms with Crippen LogP contribution in [0.2, 0.25) is 0 Å². The Morgan fingerprint density at radius 1 is 1.37 bits per heavy atom. The van der Waals surface area contributed by atoms with Gasteiger partial charge >= 0.3 is 5.97 Å². The van der Waals surface area contributed by atoms with E-state index in [-0.39, 0.29) is 5.97 Å². The summed E-state index contributed by atoms with van der Waals surface area (Å²) in [6, 6.07) is 0. The lowest BCUT2D eigenvalue weighted by Crippen LogP contribution is -2.11. The van der Waals surface area contributed by atoms with Gasteiger partial charge in [-0.3, -0.25) is 0 Å². The van der Waals surface area contributed by atoms with Crippen molar-refractivity contribution in [2.75, 3.05) is 13.2 Å². The van der Waals surface area contributed by atoms with E-state index in [1.807, 2.05) is 14.0 Å². The number of fused-ring (bicyclic) bond motifs is 1. The summed E-state index contributed by atoms with van der Waals surface area (Å²) in [5, 5.41) is 0. The van der Waals surface area contributed by atoms with Crippen molar-refractivity contribution in [2.24, 2.45) is 7.05 Å². The van der Waals surface area contributed by atoms with Gasteiger partial charge in [0.05, 0.1) is 30.8 Å². The third-order valence-electron chi connectivity index (χ3n) is 2.77. The molecule has 0 aliphatic rings. The van der Waals surface area contributed by atoms with Crippen LogP contribution in [0.5, 0.6) is 5.88 Å². The Balaban J connectivity index is 2.70. The normalized spacial score (nSPS) is 10.7. The molecule has 0 unspecified atom stereocenters. The molecule has 2 aromatic heterocycles. The fourth-order valence-corrected chi connectivity index (χ4v) is 2.00. The molecule has 102 valence electrons. The second kappa shape index (κ2) is 5.26. The zero-order valence-corrected chi connectivity index (χ0v) is 11.6. The van der Waals surface area contributed by atoms with E-state index in [9.17, 15) is 4.79 Å². The molecule has 0 aromatic carbocycles. The van der Waals surface area contributed by atoms with Crippen LogP contribution in [0.1, 0.15) is 29.9 Å². The second-order valence-electron chi connectivity index (χ2n) is 4.08. The Hall–Kier alpha value is -2.11. The molecular weight excluding hydrogens is 246 g/mol. The minimum Gasteiger partial charge on any atom is -0.476 e. The standard InChI is InChI=1S/C13H17N3O3/c1-5-18-12-10-11(16(4)7-14-10)9(8(3)15-12)13(17)19-6-2/h7H,5-6H2,1-4H3. The fraction of sp³-hybridized carbons (Fsp3) is 0.462. The van der Waals surface area contributed by atoms with Crippen molar-refractivity contribution in [1.82, 2.24) is 14.5 Å². The van der Waals surface area contributed by atoms with Crippen LogP contribution in [-0.2, 0) is 11.8 Å². The lowest BCUT2D eigenvalue weighted by molar-refractivity contribution is 0.0527. The van der Waals surface area contributed by atoms with Crippen LogP contribution in [0.3, 0.4) is 0 Å². The number of pyridine rings is 1.